The van der Waals surface area contributed by atoms with E-state index in [0.717, 1.165) is 17.4 Å². The Kier molecular flexibility index (Phi) is 7.07. The molecule has 1 heterocycles. The van der Waals surface area contributed by atoms with Crippen LogP contribution in [0.2, 0.25) is 0 Å². The van der Waals surface area contributed by atoms with Crippen molar-refractivity contribution < 1.29 is 21.6 Å². The van der Waals surface area contributed by atoms with Gasteiger partial charge in [-0.25, -0.2) is 21.8 Å². The highest BCUT2D eigenvalue weighted by atomic mass is 32.2. The third kappa shape index (κ3) is 5.95. The Morgan fingerprint density at radius 2 is 1.57 bits per heavy atom. The van der Waals surface area contributed by atoms with Gasteiger partial charge in [-0.3, -0.25) is 9.69 Å². The van der Waals surface area contributed by atoms with Crippen LogP contribution in [-0.2, 0) is 31.0 Å². The number of amides is 1. The molecular weight excluding hydrogens is 504 g/mol. The van der Waals surface area contributed by atoms with E-state index in [-0.39, 0.29) is 34.4 Å². The quantitative estimate of drug-likeness (QED) is 0.336. The van der Waals surface area contributed by atoms with E-state index in [1.165, 1.54) is 22.3 Å². The van der Waals surface area contributed by atoms with E-state index in [1.54, 1.807) is 36.4 Å². The van der Waals surface area contributed by atoms with Crippen LogP contribution in [0, 0.1) is 6.92 Å². The highest BCUT2D eigenvalue weighted by Gasteiger charge is 2.24. The van der Waals surface area contributed by atoms with Crippen LogP contribution in [0.1, 0.15) is 17.5 Å². The summed E-state index contributed by atoms with van der Waals surface area (Å²) < 4.78 is 50.1. The predicted octanol–water partition coefficient (Wildman–Crippen LogP) is 4.41. The lowest BCUT2D eigenvalue weighted by atomic mass is 10.2. The minimum atomic E-state index is -3.64. The van der Waals surface area contributed by atoms with Crippen molar-refractivity contribution in [3.63, 3.8) is 0 Å². The first kappa shape index (κ1) is 25.0. The lowest BCUT2D eigenvalue weighted by Crippen LogP contribution is -2.31. The Morgan fingerprint density at radius 3 is 2.23 bits per heavy atom. The summed E-state index contributed by atoms with van der Waals surface area (Å²) >= 11 is 1.19. The van der Waals surface area contributed by atoms with Crippen molar-refractivity contribution >= 4 is 52.3 Å². The summed E-state index contributed by atoms with van der Waals surface area (Å²) in [6.07, 6.45) is 0.920. The Bertz CT molecular complexity index is 1580. The third-order valence-electron chi connectivity index (χ3n) is 5.46. The molecule has 0 aliphatic carbocycles. The van der Waals surface area contributed by atoms with Gasteiger partial charge in [0.15, 0.2) is 24.8 Å². The summed E-state index contributed by atoms with van der Waals surface area (Å²) in [5.74, 6) is -0.713. The number of hydrogen-bond donors (Lipinski definition) is 0. The van der Waals surface area contributed by atoms with E-state index >= 15 is 0 Å². The number of rotatable bonds is 8. The first-order chi connectivity index (χ1) is 16.5. The summed E-state index contributed by atoms with van der Waals surface area (Å²) in [4.78, 5) is 19.7. The molecule has 0 saturated carbocycles. The molecule has 1 amide bonds. The van der Waals surface area contributed by atoms with Gasteiger partial charge in [0.1, 0.15) is 0 Å². The Morgan fingerprint density at radius 1 is 0.914 bits per heavy atom. The summed E-state index contributed by atoms with van der Waals surface area (Å²) in [5, 5.41) is 0.382. The zero-order chi connectivity index (χ0) is 25.2. The average Bonchev–Trinajstić information content (AvgIpc) is 3.24. The van der Waals surface area contributed by atoms with Gasteiger partial charge < -0.3 is 0 Å². The summed E-state index contributed by atoms with van der Waals surface area (Å²) in [6.45, 7) is 2.08. The lowest BCUT2D eigenvalue weighted by molar-refractivity contribution is -0.118. The highest BCUT2D eigenvalue weighted by molar-refractivity contribution is 7.91. The monoisotopic (exact) mass is 528 g/mol. The molecule has 182 valence electrons. The number of benzene rings is 3. The van der Waals surface area contributed by atoms with Crippen molar-refractivity contribution in [2.45, 2.75) is 29.7 Å². The predicted molar refractivity (Wildman–Crippen MR) is 138 cm³/mol. The molecule has 0 saturated heterocycles. The number of hydrogen-bond acceptors (Lipinski definition) is 7. The number of carbonyl (C=O) groups is 1. The molecule has 0 N–H and O–H groups in total. The maximum absolute atomic E-state index is 13.3. The van der Waals surface area contributed by atoms with E-state index in [0.29, 0.717) is 15.3 Å². The van der Waals surface area contributed by atoms with Crippen LogP contribution in [0.4, 0.5) is 5.13 Å². The molecule has 0 atom stereocenters. The van der Waals surface area contributed by atoms with Gasteiger partial charge in [-0.1, -0.05) is 59.4 Å². The first-order valence-electron chi connectivity index (χ1n) is 10.8. The fourth-order valence-corrected chi connectivity index (χ4v) is 6.46. The van der Waals surface area contributed by atoms with E-state index in [9.17, 15) is 21.6 Å². The number of nitrogens with zero attached hydrogens (tertiary/aromatic N) is 2. The van der Waals surface area contributed by atoms with Gasteiger partial charge in [0, 0.05) is 12.7 Å². The average molecular weight is 529 g/mol. The smallest absolute Gasteiger partial charge is 0.230 e. The number of carbonyl (C=O) groups excluding carboxylic acids is 1. The van der Waals surface area contributed by atoms with Crippen molar-refractivity contribution in [2.24, 2.45) is 0 Å². The molecule has 0 spiro atoms. The zero-order valence-electron chi connectivity index (χ0n) is 19.2. The summed E-state index contributed by atoms with van der Waals surface area (Å²) in [6, 6.07) is 20.5. The summed E-state index contributed by atoms with van der Waals surface area (Å²) in [5.41, 5.74) is 2.37. The Balaban J connectivity index is 1.64. The number of sulfone groups is 2. The van der Waals surface area contributed by atoms with Crippen LogP contribution in [0.25, 0.3) is 10.2 Å². The van der Waals surface area contributed by atoms with E-state index < -0.39 is 19.7 Å². The molecule has 35 heavy (non-hydrogen) atoms. The second-order valence-electron chi connectivity index (χ2n) is 8.25. The number of thiazole rings is 1. The normalized spacial score (nSPS) is 12.1. The molecule has 4 rings (SSSR count). The van der Waals surface area contributed by atoms with Gasteiger partial charge in [0.05, 0.1) is 32.3 Å². The Hall–Kier alpha value is -3.08. The zero-order valence-corrected chi connectivity index (χ0v) is 21.7. The topological polar surface area (TPSA) is 101 Å². The molecule has 0 aliphatic heterocycles. The minimum Gasteiger partial charge on any atom is -0.284 e. The van der Waals surface area contributed by atoms with E-state index in [1.807, 2.05) is 37.3 Å². The number of aryl methyl sites for hydroxylation is 1. The van der Waals surface area contributed by atoms with Crippen LogP contribution < -0.4 is 4.90 Å². The SMILES string of the molecule is Cc1ccc(S(=O)(=O)CCC(=O)N(Cc2ccccc2)c2nc3ccc(S(C)(=O)=O)cc3s2)cc1. The number of anilines is 1. The standard InChI is InChI=1S/C25H24N2O5S3/c1-18-8-10-20(11-9-18)35(31,32)15-14-24(28)27(17-19-6-4-3-5-7-19)25-26-22-13-12-21(34(2,29)30)16-23(22)33-25/h3-13,16H,14-15,17H2,1-2H3. The van der Waals surface area contributed by atoms with Gasteiger partial charge in [0.25, 0.3) is 0 Å². The highest BCUT2D eigenvalue weighted by Crippen LogP contribution is 2.32. The van der Waals surface area contributed by atoms with Crippen LogP contribution in [0.3, 0.4) is 0 Å². The molecule has 3 aromatic carbocycles. The molecular formula is C25H24N2O5S3. The second kappa shape index (κ2) is 9.88. The molecule has 10 heteroatoms. The first-order valence-corrected chi connectivity index (χ1v) is 15.1. The second-order valence-corrected chi connectivity index (χ2v) is 13.4. The van der Waals surface area contributed by atoms with Crippen molar-refractivity contribution in [2.75, 3.05) is 16.9 Å². The fourth-order valence-electron chi connectivity index (χ4n) is 3.49. The molecule has 0 radical (unpaired) electrons. The van der Waals surface area contributed by atoms with Crippen molar-refractivity contribution in [1.29, 1.82) is 0 Å². The van der Waals surface area contributed by atoms with Crippen LogP contribution in [0.15, 0.2) is 82.6 Å². The lowest BCUT2D eigenvalue weighted by Gasteiger charge is -2.20. The largest absolute Gasteiger partial charge is 0.284 e. The molecule has 1 aromatic heterocycles. The molecule has 4 aromatic rings. The van der Waals surface area contributed by atoms with Gasteiger partial charge in [-0.15, -0.1) is 0 Å². The Labute approximate surface area is 208 Å². The van der Waals surface area contributed by atoms with E-state index in [2.05, 4.69) is 4.98 Å². The van der Waals surface area contributed by atoms with Crippen molar-refractivity contribution in [1.82, 2.24) is 4.98 Å². The molecule has 0 fully saturated rings. The summed E-state index contributed by atoms with van der Waals surface area (Å²) in [7, 11) is -7.03. The molecule has 7 nitrogen and oxygen atoms in total. The third-order valence-corrected chi connectivity index (χ3v) is 9.34. The fraction of sp³-hybridized carbons (Fsp3) is 0.200. The molecule has 0 unspecified atom stereocenters. The molecule has 0 aliphatic rings. The van der Waals surface area contributed by atoms with Crippen molar-refractivity contribution in [3.05, 3.63) is 83.9 Å². The molecule has 0 bridgehead atoms. The number of aromatic nitrogens is 1. The van der Waals surface area contributed by atoms with Gasteiger partial charge in [-0.05, 0) is 42.8 Å². The van der Waals surface area contributed by atoms with Gasteiger partial charge in [0.2, 0.25) is 5.91 Å². The van der Waals surface area contributed by atoms with E-state index in [4.69, 9.17) is 0 Å². The van der Waals surface area contributed by atoms with Crippen LogP contribution >= 0.6 is 11.3 Å². The van der Waals surface area contributed by atoms with Crippen LogP contribution in [-0.4, -0.2) is 39.7 Å². The number of fused-ring (bicyclic) bond motifs is 1. The van der Waals surface area contributed by atoms with Crippen molar-refractivity contribution in [3.8, 4) is 0 Å². The van der Waals surface area contributed by atoms with Gasteiger partial charge in [-0.2, -0.15) is 0 Å². The minimum absolute atomic E-state index is 0.172. The van der Waals surface area contributed by atoms with Gasteiger partial charge >= 0.3 is 0 Å². The maximum Gasteiger partial charge on any atom is 0.230 e. The maximum atomic E-state index is 13.3. The van der Waals surface area contributed by atoms with Crippen LogP contribution in [0.5, 0.6) is 0 Å².